The third-order valence-corrected chi connectivity index (χ3v) is 2.01. The Kier molecular flexibility index (Phi) is 4.09. The van der Waals surface area contributed by atoms with Gasteiger partial charge in [-0.05, 0) is 33.0 Å². The minimum absolute atomic E-state index is 0.176. The largest absolute Gasteiger partial charge is 0.311 e. The Morgan fingerprint density at radius 2 is 2.21 bits per heavy atom. The van der Waals surface area contributed by atoms with Crippen molar-refractivity contribution in [3.05, 3.63) is 23.5 Å². The van der Waals surface area contributed by atoms with Crippen LogP contribution in [-0.4, -0.2) is 17.2 Å². The van der Waals surface area contributed by atoms with E-state index in [1.807, 2.05) is 33.0 Å². The van der Waals surface area contributed by atoms with Crippen LogP contribution in [0.3, 0.4) is 0 Å². The Balaban J connectivity index is 2.76. The molecule has 1 N–H and O–H groups in total. The van der Waals surface area contributed by atoms with Gasteiger partial charge in [0.05, 0.1) is 17.4 Å². The zero-order chi connectivity index (χ0) is 10.4. The van der Waals surface area contributed by atoms with Crippen LogP contribution in [0, 0.1) is 18.8 Å². The van der Waals surface area contributed by atoms with Crippen molar-refractivity contribution in [3.8, 4) is 11.8 Å². The van der Waals surface area contributed by atoms with E-state index in [1.54, 1.807) is 0 Å². The zero-order valence-electron chi connectivity index (χ0n) is 8.83. The van der Waals surface area contributed by atoms with E-state index in [0.29, 0.717) is 0 Å². The molecule has 0 fully saturated rings. The minimum atomic E-state index is 0.176. The summed E-state index contributed by atoms with van der Waals surface area (Å²) < 4.78 is 0. The van der Waals surface area contributed by atoms with E-state index >= 15 is 0 Å². The lowest BCUT2D eigenvalue weighted by atomic mass is 10.1. The molecule has 3 heteroatoms. The molecule has 0 aromatic carbocycles. The monoisotopic (exact) mass is 189 g/mol. The maximum atomic E-state index is 4.12. The first-order chi connectivity index (χ1) is 6.77. The molecule has 0 aliphatic heterocycles. The minimum Gasteiger partial charge on any atom is -0.311 e. The Hall–Kier alpha value is -1.40. The molecule has 14 heavy (non-hydrogen) atoms. The molecular formula is C11H15N3. The molecule has 0 aliphatic rings. The Labute approximate surface area is 84.9 Å². The van der Waals surface area contributed by atoms with Gasteiger partial charge in [-0.25, -0.2) is 0 Å². The maximum absolute atomic E-state index is 4.12. The van der Waals surface area contributed by atoms with Gasteiger partial charge in [0.2, 0.25) is 0 Å². The van der Waals surface area contributed by atoms with E-state index in [2.05, 4.69) is 27.4 Å². The average Bonchev–Trinajstić information content (AvgIpc) is 2.21. The molecule has 1 rings (SSSR count). The van der Waals surface area contributed by atoms with Gasteiger partial charge in [-0.1, -0.05) is 0 Å². The van der Waals surface area contributed by atoms with Gasteiger partial charge in [0.15, 0.2) is 0 Å². The van der Waals surface area contributed by atoms with Crippen molar-refractivity contribution < 1.29 is 0 Å². The van der Waals surface area contributed by atoms with Crippen molar-refractivity contribution in [2.24, 2.45) is 0 Å². The average molecular weight is 189 g/mol. The molecule has 0 aliphatic carbocycles. The summed E-state index contributed by atoms with van der Waals surface area (Å²) in [7, 11) is 1.91. The van der Waals surface area contributed by atoms with E-state index in [-0.39, 0.29) is 6.04 Å². The summed E-state index contributed by atoms with van der Waals surface area (Å²) in [6.45, 7) is 3.77. The fourth-order valence-electron chi connectivity index (χ4n) is 1.15. The second-order valence-electron chi connectivity index (χ2n) is 3.07. The first kappa shape index (κ1) is 10.7. The second kappa shape index (κ2) is 5.36. The highest BCUT2D eigenvalue weighted by atomic mass is 15.1. The molecule has 74 valence electrons. The number of hydrogen-bond donors (Lipinski definition) is 1. The third kappa shape index (κ3) is 2.82. The Morgan fingerprint density at radius 3 is 2.71 bits per heavy atom. The smallest absolute Gasteiger partial charge is 0.0810 e. The highest BCUT2D eigenvalue weighted by molar-refractivity contribution is 5.12. The van der Waals surface area contributed by atoms with Crippen LogP contribution in [0.15, 0.2) is 12.1 Å². The molecular weight excluding hydrogens is 174 g/mol. The number of hydrogen-bond acceptors (Lipinski definition) is 3. The first-order valence-corrected chi connectivity index (χ1v) is 4.65. The molecule has 1 aromatic rings. The molecule has 1 unspecified atom stereocenters. The Bertz CT molecular complexity index is 332. The highest BCUT2D eigenvalue weighted by Crippen LogP contribution is 2.11. The van der Waals surface area contributed by atoms with Gasteiger partial charge >= 0.3 is 0 Å². The molecule has 0 saturated heterocycles. The van der Waals surface area contributed by atoms with Gasteiger partial charge in [0.1, 0.15) is 0 Å². The second-order valence-corrected chi connectivity index (χ2v) is 3.07. The van der Waals surface area contributed by atoms with Crippen molar-refractivity contribution in [1.29, 1.82) is 0 Å². The van der Waals surface area contributed by atoms with Crippen LogP contribution in [0.25, 0.3) is 0 Å². The van der Waals surface area contributed by atoms with Gasteiger partial charge in [0, 0.05) is 6.42 Å². The fraction of sp³-hybridized carbons (Fsp3) is 0.455. The number of nitrogens with zero attached hydrogens (tertiary/aromatic N) is 2. The summed E-state index contributed by atoms with van der Waals surface area (Å²) in [6, 6.07) is 4.13. The number of nitrogens with one attached hydrogen (secondary N) is 1. The molecule has 1 atom stereocenters. The van der Waals surface area contributed by atoms with E-state index in [4.69, 9.17) is 0 Å². The number of aryl methyl sites for hydroxylation is 1. The lowest BCUT2D eigenvalue weighted by Gasteiger charge is -2.11. The normalized spacial score (nSPS) is 11.6. The van der Waals surface area contributed by atoms with Crippen LogP contribution in [0.2, 0.25) is 0 Å². The van der Waals surface area contributed by atoms with Gasteiger partial charge in [0.25, 0.3) is 0 Å². The number of rotatable bonds is 3. The predicted octanol–water partition coefficient (Wildman–Crippen LogP) is 1.46. The Morgan fingerprint density at radius 1 is 1.43 bits per heavy atom. The highest BCUT2D eigenvalue weighted by Gasteiger charge is 2.08. The SMILES string of the molecule is CC#CCC(NC)c1ccc(C)nn1. The summed E-state index contributed by atoms with van der Waals surface area (Å²) in [4.78, 5) is 0. The van der Waals surface area contributed by atoms with Crippen LogP contribution < -0.4 is 5.32 Å². The third-order valence-electron chi connectivity index (χ3n) is 2.01. The predicted molar refractivity (Wildman–Crippen MR) is 56.6 cm³/mol. The summed E-state index contributed by atoms with van der Waals surface area (Å²) in [5, 5.41) is 11.3. The summed E-state index contributed by atoms with van der Waals surface area (Å²) in [5.41, 5.74) is 1.88. The molecule has 0 spiro atoms. The molecule has 0 amide bonds. The molecule has 1 heterocycles. The van der Waals surface area contributed by atoms with Crippen LogP contribution in [-0.2, 0) is 0 Å². The van der Waals surface area contributed by atoms with Gasteiger partial charge in [-0.15, -0.1) is 11.8 Å². The van der Waals surface area contributed by atoms with E-state index < -0.39 is 0 Å². The van der Waals surface area contributed by atoms with E-state index in [1.165, 1.54) is 0 Å². The standard InChI is InChI=1S/C11H15N3/c1-4-5-6-10(12-3)11-8-7-9(2)13-14-11/h7-8,10,12H,6H2,1-3H3. The lowest BCUT2D eigenvalue weighted by Crippen LogP contribution is -2.17. The molecule has 0 bridgehead atoms. The molecule has 1 aromatic heterocycles. The number of aromatic nitrogens is 2. The van der Waals surface area contributed by atoms with Crippen molar-refractivity contribution in [3.63, 3.8) is 0 Å². The first-order valence-electron chi connectivity index (χ1n) is 4.65. The van der Waals surface area contributed by atoms with Crippen LogP contribution >= 0.6 is 0 Å². The quantitative estimate of drug-likeness (QED) is 0.731. The van der Waals surface area contributed by atoms with Crippen molar-refractivity contribution in [1.82, 2.24) is 15.5 Å². The van der Waals surface area contributed by atoms with Crippen molar-refractivity contribution in [2.75, 3.05) is 7.05 Å². The van der Waals surface area contributed by atoms with Gasteiger partial charge in [-0.3, -0.25) is 0 Å². The molecule has 3 nitrogen and oxygen atoms in total. The van der Waals surface area contributed by atoms with Crippen LogP contribution in [0.1, 0.15) is 30.8 Å². The van der Waals surface area contributed by atoms with E-state index in [0.717, 1.165) is 17.8 Å². The van der Waals surface area contributed by atoms with Crippen molar-refractivity contribution >= 4 is 0 Å². The lowest BCUT2D eigenvalue weighted by molar-refractivity contribution is 0.583. The summed E-state index contributed by atoms with van der Waals surface area (Å²) >= 11 is 0. The van der Waals surface area contributed by atoms with E-state index in [9.17, 15) is 0 Å². The van der Waals surface area contributed by atoms with Gasteiger partial charge in [-0.2, -0.15) is 10.2 Å². The zero-order valence-corrected chi connectivity index (χ0v) is 8.83. The van der Waals surface area contributed by atoms with Gasteiger partial charge < -0.3 is 5.32 Å². The van der Waals surface area contributed by atoms with Crippen LogP contribution in [0.5, 0.6) is 0 Å². The maximum Gasteiger partial charge on any atom is 0.0810 e. The molecule has 0 radical (unpaired) electrons. The fourth-order valence-corrected chi connectivity index (χ4v) is 1.15. The van der Waals surface area contributed by atoms with Crippen molar-refractivity contribution in [2.45, 2.75) is 26.3 Å². The summed E-state index contributed by atoms with van der Waals surface area (Å²) in [5.74, 6) is 5.91. The summed E-state index contributed by atoms with van der Waals surface area (Å²) in [6.07, 6.45) is 0.769. The van der Waals surface area contributed by atoms with Crippen LogP contribution in [0.4, 0.5) is 0 Å². The topological polar surface area (TPSA) is 37.8 Å². The molecule has 0 saturated carbocycles.